The molecule has 2 amide bonds. The summed E-state index contributed by atoms with van der Waals surface area (Å²) in [6.07, 6.45) is 1.64. The molecule has 8 nitrogen and oxygen atoms in total. The zero-order valence-corrected chi connectivity index (χ0v) is 22.9. The van der Waals surface area contributed by atoms with Gasteiger partial charge in [0.15, 0.2) is 5.17 Å². The number of esters is 1. The smallest absolute Gasteiger partial charge is 0.310 e. The molecule has 0 aromatic heterocycles. The Bertz CT molecular complexity index is 1340. The van der Waals surface area contributed by atoms with E-state index >= 15 is 0 Å². The Morgan fingerprint density at radius 1 is 1.08 bits per heavy atom. The van der Waals surface area contributed by atoms with Crippen LogP contribution in [0.2, 0.25) is 0 Å². The van der Waals surface area contributed by atoms with Crippen LogP contribution in [0, 0.1) is 5.92 Å². The quantitative estimate of drug-likeness (QED) is 0.488. The number of amides is 2. The number of hydrogen-bond acceptors (Lipinski definition) is 7. The lowest BCUT2D eigenvalue weighted by Crippen LogP contribution is -2.44. The van der Waals surface area contributed by atoms with Crippen molar-refractivity contribution in [3.05, 3.63) is 88.6 Å². The summed E-state index contributed by atoms with van der Waals surface area (Å²) in [5.41, 5.74) is 3.60. The number of piperidine rings is 1. The van der Waals surface area contributed by atoms with Crippen LogP contribution in [-0.4, -0.2) is 52.4 Å². The fraction of sp³-hybridized carbons (Fsp3) is 0.333. The molecule has 1 N–H and O–H groups in total. The highest BCUT2D eigenvalue weighted by Crippen LogP contribution is 2.45. The first kappa shape index (κ1) is 26.7. The van der Waals surface area contributed by atoms with Crippen molar-refractivity contribution in [3.8, 4) is 0 Å². The van der Waals surface area contributed by atoms with E-state index in [-0.39, 0.29) is 30.1 Å². The van der Waals surface area contributed by atoms with E-state index in [1.54, 1.807) is 11.8 Å². The first-order valence-electron chi connectivity index (χ1n) is 13.3. The van der Waals surface area contributed by atoms with Gasteiger partial charge in [-0.1, -0.05) is 60.3 Å². The number of amidine groups is 1. The van der Waals surface area contributed by atoms with Gasteiger partial charge in [-0.15, -0.1) is 0 Å². The second-order valence-electron chi connectivity index (χ2n) is 9.73. The Kier molecular flexibility index (Phi) is 8.16. The number of aliphatic imine (C=N–C) groups is 1. The summed E-state index contributed by atoms with van der Waals surface area (Å²) in [6, 6.07) is 18.7. The predicted octanol–water partition coefficient (Wildman–Crippen LogP) is 5.09. The molecule has 2 aromatic carbocycles. The molecular weight excluding hydrogens is 512 g/mol. The number of allylic oxidation sites excluding steroid dienone is 1. The molecule has 2 aromatic rings. The zero-order valence-electron chi connectivity index (χ0n) is 22.1. The van der Waals surface area contributed by atoms with Crippen LogP contribution in [0.3, 0.4) is 0 Å². The van der Waals surface area contributed by atoms with Crippen LogP contribution in [0.1, 0.15) is 44.7 Å². The fourth-order valence-corrected chi connectivity index (χ4v) is 6.22. The summed E-state index contributed by atoms with van der Waals surface area (Å²) in [5, 5.41) is 5.71. The van der Waals surface area contributed by atoms with E-state index in [0.29, 0.717) is 36.7 Å². The summed E-state index contributed by atoms with van der Waals surface area (Å²) < 4.78 is 5.20. The third kappa shape index (κ3) is 5.78. The van der Waals surface area contributed by atoms with E-state index < -0.39 is 6.04 Å². The Labute approximate surface area is 232 Å². The maximum atomic E-state index is 13.7. The Hall–Kier alpha value is -3.85. The van der Waals surface area contributed by atoms with Gasteiger partial charge in [0.2, 0.25) is 5.91 Å². The highest BCUT2D eigenvalue weighted by Gasteiger charge is 2.41. The summed E-state index contributed by atoms with van der Waals surface area (Å²) in [7, 11) is 0. The molecule has 39 heavy (non-hydrogen) atoms. The van der Waals surface area contributed by atoms with Crippen LogP contribution in [0.4, 0.5) is 5.69 Å². The largest absolute Gasteiger partial charge is 0.466 e. The molecule has 0 bridgehead atoms. The lowest BCUT2D eigenvalue weighted by atomic mass is 9.93. The summed E-state index contributed by atoms with van der Waals surface area (Å²) in [4.78, 5) is 48.0. The molecule has 2 unspecified atom stereocenters. The number of nitrogens with zero attached hydrogens (tertiary/aromatic N) is 3. The van der Waals surface area contributed by atoms with Gasteiger partial charge in [0.05, 0.1) is 36.3 Å². The first-order chi connectivity index (χ1) is 19.0. The van der Waals surface area contributed by atoms with E-state index in [9.17, 15) is 14.4 Å². The number of ether oxygens (including phenoxy) is 1. The van der Waals surface area contributed by atoms with Gasteiger partial charge in [0.25, 0.3) is 5.91 Å². The van der Waals surface area contributed by atoms with E-state index in [1.807, 2.05) is 77.9 Å². The second kappa shape index (κ2) is 11.9. The minimum Gasteiger partial charge on any atom is -0.466 e. The van der Waals surface area contributed by atoms with Crippen molar-refractivity contribution in [2.75, 3.05) is 25.0 Å². The maximum Gasteiger partial charge on any atom is 0.310 e. The number of carbonyl (C=O) groups is 3. The summed E-state index contributed by atoms with van der Waals surface area (Å²) in [6.45, 7) is 4.96. The maximum absolute atomic E-state index is 13.7. The molecule has 0 saturated carbocycles. The number of anilines is 1. The minimum absolute atomic E-state index is 0.0505. The Morgan fingerprint density at radius 3 is 2.51 bits per heavy atom. The number of carbonyl (C=O) groups excluding carboxylic acids is 3. The van der Waals surface area contributed by atoms with Gasteiger partial charge >= 0.3 is 5.97 Å². The van der Waals surface area contributed by atoms with Crippen LogP contribution < -0.4 is 5.32 Å². The average molecular weight is 545 g/mol. The number of likely N-dealkylation sites (tertiary alicyclic amines) is 1. The van der Waals surface area contributed by atoms with E-state index in [2.05, 4.69) is 5.32 Å². The summed E-state index contributed by atoms with van der Waals surface area (Å²) >= 11 is 1.46. The summed E-state index contributed by atoms with van der Waals surface area (Å²) in [5.74, 6) is -0.816. The van der Waals surface area contributed by atoms with E-state index in [0.717, 1.165) is 29.3 Å². The van der Waals surface area contributed by atoms with Gasteiger partial charge in [-0.2, -0.15) is 0 Å². The zero-order chi connectivity index (χ0) is 27.4. The molecule has 1 fully saturated rings. The number of rotatable bonds is 7. The average Bonchev–Trinajstić information content (AvgIpc) is 3.35. The van der Waals surface area contributed by atoms with Crippen LogP contribution in [-0.2, 0) is 19.1 Å². The number of hydrogen-bond donors (Lipinski definition) is 1. The van der Waals surface area contributed by atoms with Crippen LogP contribution >= 0.6 is 11.8 Å². The molecule has 1 saturated heterocycles. The van der Waals surface area contributed by atoms with Gasteiger partial charge in [-0.25, -0.2) is 4.99 Å². The molecule has 0 aliphatic carbocycles. The van der Waals surface area contributed by atoms with Crippen molar-refractivity contribution in [3.63, 3.8) is 0 Å². The number of benzene rings is 2. The third-order valence-corrected chi connectivity index (χ3v) is 8.01. The molecule has 3 aliphatic heterocycles. The number of thioether (sulfide) groups is 1. The minimum atomic E-state index is -0.440. The van der Waals surface area contributed by atoms with Crippen LogP contribution in [0.5, 0.6) is 0 Å². The van der Waals surface area contributed by atoms with Crippen molar-refractivity contribution in [1.29, 1.82) is 0 Å². The third-order valence-electron chi connectivity index (χ3n) is 7.12. The van der Waals surface area contributed by atoms with Crippen molar-refractivity contribution >= 4 is 40.4 Å². The first-order valence-corrected chi connectivity index (χ1v) is 14.1. The lowest BCUT2D eigenvalue weighted by molar-refractivity contribution is -0.151. The van der Waals surface area contributed by atoms with Crippen molar-refractivity contribution in [1.82, 2.24) is 9.80 Å². The van der Waals surface area contributed by atoms with Gasteiger partial charge in [0, 0.05) is 24.5 Å². The number of fused-ring (bicyclic) bond motifs is 1. The normalized spacial score (nSPS) is 20.7. The Balaban J connectivity index is 1.40. The Morgan fingerprint density at radius 2 is 1.79 bits per heavy atom. The predicted molar refractivity (Wildman–Crippen MR) is 152 cm³/mol. The van der Waals surface area contributed by atoms with Gasteiger partial charge < -0.3 is 19.9 Å². The van der Waals surface area contributed by atoms with E-state index in [4.69, 9.17) is 9.73 Å². The van der Waals surface area contributed by atoms with Crippen LogP contribution in [0.25, 0.3) is 0 Å². The van der Waals surface area contributed by atoms with E-state index in [1.165, 1.54) is 11.8 Å². The molecule has 0 radical (unpaired) electrons. The molecule has 3 heterocycles. The molecule has 202 valence electrons. The SMILES string of the molecule is CCOC(=O)C1CCCN(C(=O)CC2=CSC3=NC(C)=C(C(=O)Nc4ccccc4)C(c4ccccc4)N23)C1. The molecule has 0 spiro atoms. The van der Waals surface area contributed by atoms with Crippen molar-refractivity contribution in [2.45, 2.75) is 39.2 Å². The van der Waals surface area contributed by atoms with Crippen molar-refractivity contribution < 1.29 is 19.1 Å². The number of para-hydroxylation sites is 1. The van der Waals surface area contributed by atoms with Crippen molar-refractivity contribution in [2.24, 2.45) is 10.9 Å². The van der Waals surface area contributed by atoms with Gasteiger partial charge in [0.1, 0.15) is 0 Å². The topological polar surface area (TPSA) is 91.3 Å². The molecule has 5 rings (SSSR count). The molecule has 9 heteroatoms. The fourth-order valence-electron chi connectivity index (χ4n) is 5.25. The monoisotopic (exact) mass is 544 g/mol. The van der Waals surface area contributed by atoms with Gasteiger partial charge in [-0.3, -0.25) is 14.4 Å². The standard InChI is InChI=1S/C30H32N4O4S/c1-3-38-29(37)22-13-10-16-33(18-22)25(35)17-24-19-39-30-31-20(2)26(28(36)32-23-14-8-5-9-15-23)27(34(24)30)21-11-6-4-7-12-21/h4-9,11-12,14-15,19,22,27H,3,10,13,16-18H2,1-2H3,(H,32,36). The molecular formula is C30H32N4O4S. The lowest BCUT2D eigenvalue weighted by Gasteiger charge is -2.37. The second-order valence-corrected chi connectivity index (χ2v) is 10.6. The highest BCUT2D eigenvalue weighted by molar-refractivity contribution is 8.16. The van der Waals surface area contributed by atoms with Crippen LogP contribution in [0.15, 0.2) is 88.0 Å². The number of nitrogens with one attached hydrogen (secondary N) is 1. The van der Waals surface area contributed by atoms with Gasteiger partial charge in [-0.05, 0) is 49.8 Å². The molecule has 3 aliphatic rings. The molecule has 2 atom stereocenters. The highest BCUT2D eigenvalue weighted by atomic mass is 32.2.